The fraction of sp³-hybridized carbons (Fsp3) is 0.190. The van der Waals surface area contributed by atoms with Crippen LogP contribution in [0.1, 0.15) is 10.4 Å². The third kappa shape index (κ3) is 4.60. The van der Waals surface area contributed by atoms with Gasteiger partial charge in [0.2, 0.25) is 5.88 Å². The minimum Gasteiger partial charge on any atom is -0.438 e. The summed E-state index contributed by atoms with van der Waals surface area (Å²) in [5.74, 6) is 1.81. The summed E-state index contributed by atoms with van der Waals surface area (Å²) in [6.07, 6.45) is 0. The van der Waals surface area contributed by atoms with Gasteiger partial charge in [0.25, 0.3) is 5.91 Å². The molecule has 0 saturated carbocycles. The van der Waals surface area contributed by atoms with Gasteiger partial charge in [0.1, 0.15) is 5.75 Å². The summed E-state index contributed by atoms with van der Waals surface area (Å²) in [4.78, 5) is 16.6. The number of hydrogen-bond acceptors (Lipinski definition) is 5. The molecule has 6 nitrogen and oxygen atoms in total. The van der Waals surface area contributed by atoms with Crippen molar-refractivity contribution >= 4 is 34.9 Å². The van der Waals surface area contributed by atoms with Crippen LogP contribution in [0.4, 0.5) is 5.82 Å². The number of ether oxygens (including phenoxy) is 1. The maximum absolute atomic E-state index is 12.7. The number of anilines is 1. The molecule has 1 saturated heterocycles. The number of carbonyl (C=O) groups is 1. The fourth-order valence-corrected chi connectivity index (χ4v) is 3.61. The van der Waals surface area contributed by atoms with Crippen LogP contribution in [0.3, 0.4) is 0 Å². The standard InChI is InChI=1S/C21H18Cl2N4O2/c22-15-6-7-17(18(23)14-15)21(28)27-12-10-26(11-13-27)19-8-9-20(25-24-19)29-16-4-2-1-3-5-16/h1-9,14H,10-13H2. The SMILES string of the molecule is O=C(c1ccc(Cl)cc1Cl)N1CCN(c2ccc(Oc3ccccc3)nn2)CC1. The van der Waals surface area contributed by atoms with Gasteiger partial charge in [0, 0.05) is 37.3 Å². The summed E-state index contributed by atoms with van der Waals surface area (Å²) in [6, 6.07) is 18.0. The van der Waals surface area contributed by atoms with Gasteiger partial charge in [-0.1, -0.05) is 41.4 Å². The highest BCUT2D eigenvalue weighted by Crippen LogP contribution is 2.24. The van der Waals surface area contributed by atoms with Gasteiger partial charge < -0.3 is 14.5 Å². The van der Waals surface area contributed by atoms with E-state index in [0.717, 1.165) is 5.82 Å². The molecule has 0 N–H and O–H groups in total. The minimum atomic E-state index is -0.0935. The van der Waals surface area contributed by atoms with Crippen molar-refractivity contribution in [3.8, 4) is 11.6 Å². The first-order valence-electron chi connectivity index (χ1n) is 9.16. The second kappa shape index (κ2) is 8.68. The lowest BCUT2D eigenvalue weighted by molar-refractivity contribution is 0.0746. The molecule has 1 aliphatic heterocycles. The zero-order valence-electron chi connectivity index (χ0n) is 15.5. The van der Waals surface area contributed by atoms with E-state index in [-0.39, 0.29) is 5.91 Å². The molecule has 1 fully saturated rings. The monoisotopic (exact) mass is 428 g/mol. The molecule has 3 aromatic rings. The first kappa shape index (κ1) is 19.5. The molecule has 148 valence electrons. The predicted molar refractivity (Wildman–Crippen MR) is 113 cm³/mol. The van der Waals surface area contributed by atoms with Gasteiger partial charge in [0.15, 0.2) is 5.82 Å². The Morgan fingerprint density at radius 3 is 2.31 bits per heavy atom. The Kier molecular flexibility index (Phi) is 5.83. The molecule has 1 aromatic heterocycles. The molecule has 1 amide bonds. The van der Waals surface area contributed by atoms with E-state index < -0.39 is 0 Å². The zero-order valence-corrected chi connectivity index (χ0v) is 17.0. The Labute approximate surface area is 178 Å². The van der Waals surface area contributed by atoms with Gasteiger partial charge >= 0.3 is 0 Å². The molecule has 0 bridgehead atoms. The predicted octanol–water partition coefficient (Wildman–Crippen LogP) is 4.54. The number of carbonyl (C=O) groups excluding carboxylic acids is 1. The lowest BCUT2D eigenvalue weighted by atomic mass is 10.2. The van der Waals surface area contributed by atoms with Crippen molar-refractivity contribution < 1.29 is 9.53 Å². The Hall–Kier alpha value is -2.83. The number of nitrogens with zero attached hydrogens (tertiary/aromatic N) is 4. The number of rotatable bonds is 4. The Bertz CT molecular complexity index is 991. The average molecular weight is 429 g/mol. The topological polar surface area (TPSA) is 58.6 Å². The molecule has 0 unspecified atom stereocenters. The largest absolute Gasteiger partial charge is 0.438 e. The Balaban J connectivity index is 1.36. The van der Waals surface area contributed by atoms with Crippen molar-refractivity contribution in [3.63, 3.8) is 0 Å². The minimum absolute atomic E-state index is 0.0935. The van der Waals surface area contributed by atoms with E-state index in [2.05, 4.69) is 15.1 Å². The molecule has 29 heavy (non-hydrogen) atoms. The molecule has 1 aliphatic rings. The number of amides is 1. The number of para-hydroxylation sites is 1. The van der Waals surface area contributed by atoms with E-state index in [0.29, 0.717) is 53.4 Å². The van der Waals surface area contributed by atoms with Crippen LogP contribution >= 0.6 is 23.2 Å². The molecule has 0 radical (unpaired) electrons. The van der Waals surface area contributed by atoms with E-state index in [1.807, 2.05) is 36.4 Å². The molecular weight excluding hydrogens is 411 g/mol. The van der Waals surface area contributed by atoms with Crippen LogP contribution in [0.15, 0.2) is 60.7 Å². The molecular formula is C21H18Cl2N4O2. The van der Waals surface area contributed by atoms with Crippen LogP contribution < -0.4 is 9.64 Å². The molecule has 2 heterocycles. The van der Waals surface area contributed by atoms with Crippen molar-refractivity contribution in [2.75, 3.05) is 31.1 Å². The summed E-state index contributed by atoms with van der Waals surface area (Å²) in [5, 5.41) is 9.28. The summed E-state index contributed by atoms with van der Waals surface area (Å²) in [5.41, 5.74) is 0.465. The van der Waals surface area contributed by atoms with Gasteiger partial charge in [-0.15, -0.1) is 10.2 Å². The van der Waals surface area contributed by atoms with E-state index >= 15 is 0 Å². The van der Waals surface area contributed by atoms with Crippen molar-refractivity contribution in [2.45, 2.75) is 0 Å². The van der Waals surface area contributed by atoms with E-state index in [1.165, 1.54) is 0 Å². The van der Waals surface area contributed by atoms with E-state index in [4.69, 9.17) is 27.9 Å². The Morgan fingerprint density at radius 1 is 0.897 bits per heavy atom. The van der Waals surface area contributed by atoms with Gasteiger partial charge in [-0.2, -0.15) is 0 Å². The highest BCUT2D eigenvalue weighted by molar-refractivity contribution is 6.36. The Morgan fingerprint density at radius 2 is 1.66 bits per heavy atom. The molecule has 0 spiro atoms. The van der Waals surface area contributed by atoms with Crippen LogP contribution in [-0.2, 0) is 0 Å². The highest BCUT2D eigenvalue weighted by Gasteiger charge is 2.24. The quantitative estimate of drug-likeness (QED) is 0.610. The zero-order chi connectivity index (χ0) is 20.2. The first-order valence-corrected chi connectivity index (χ1v) is 9.92. The van der Waals surface area contributed by atoms with Crippen molar-refractivity contribution in [1.82, 2.24) is 15.1 Å². The summed E-state index contributed by atoms with van der Waals surface area (Å²) < 4.78 is 5.67. The first-order chi connectivity index (χ1) is 14.1. The summed E-state index contributed by atoms with van der Waals surface area (Å²) >= 11 is 12.1. The lowest BCUT2D eigenvalue weighted by Crippen LogP contribution is -2.49. The number of aromatic nitrogens is 2. The lowest BCUT2D eigenvalue weighted by Gasteiger charge is -2.35. The van der Waals surface area contributed by atoms with E-state index in [1.54, 1.807) is 29.2 Å². The van der Waals surface area contributed by atoms with Crippen LogP contribution in [-0.4, -0.2) is 47.2 Å². The maximum atomic E-state index is 12.7. The average Bonchev–Trinajstić information content (AvgIpc) is 2.75. The molecule has 8 heteroatoms. The smallest absolute Gasteiger partial charge is 0.255 e. The van der Waals surface area contributed by atoms with Crippen LogP contribution in [0.5, 0.6) is 11.6 Å². The molecule has 0 aliphatic carbocycles. The number of halogens is 2. The molecule has 2 aromatic carbocycles. The molecule has 4 rings (SSSR count). The van der Waals surface area contributed by atoms with Crippen molar-refractivity contribution in [3.05, 3.63) is 76.3 Å². The second-order valence-corrected chi connectivity index (χ2v) is 7.39. The maximum Gasteiger partial charge on any atom is 0.255 e. The number of piperazine rings is 1. The van der Waals surface area contributed by atoms with Gasteiger partial charge in [0.05, 0.1) is 10.6 Å². The van der Waals surface area contributed by atoms with Crippen molar-refractivity contribution in [2.24, 2.45) is 0 Å². The van der Waals surface area contributed by atoms with Crippen LogP contribution in [0, 0.1) is 0 Å². The van der Waals surface area contributed by atoms with Crippen LogP contribution in [0.2, 0.25) is 10.0 Å². The third-order valence-electron chi connectivity index (χ3n) is 4.64. The third-order valence-corrected chi connectivity index (χ3v) is 5.19. The van der Waals surface area contributed by atoms with E-state index in [9.17, 15) is 4.79 Å². The highest BCUT2D eigenvalue weighted by atomic mass is 35.5. The van der Waals surface area contributed by atoms with Crippen molar-refractivity contribution in [1.29, 1.82) is 0 Å². The number of hydrogen-bond donors (Lipinski definition) is 0. The summed E-state index contributed by atoms with van der Waals surface area (Å²) in [6.45, 7) is 2.46. The van der Waals surface area contributed by atoms with Gasteiger partial charge in [-0.05, 0) is 36.4 Å². The number of benzene rings is 2. The normalized spacial score (nSPS) is 14.0. The van der Waals surface area contributed by atoms with Gasteiger partial charge in [-0.25, -0.2) is 0 Å². The molecule has 0 atom stereocenters. The van der Waals surface area contributed by atoms with Crippen LogP contribution in [0.25, 0.3) is 0 Å². The summed E-state index contributed by atoms with van der Waals surface area (Å²) in [7, 11) is 0. The fourth-order valence-electron chi connectivity index (χ4n) is 3.12. The second-order valence-electron chi connectivity index (χ2n) is 6.55. The van der Waals surface area contributed by atoms with Gasteiger partial charge in [-0.3, -0.25) is 4.79 Å².